The maximum atomic E-state index is 10.0. The molecule has 0 aliphatic heterocycles. The number of hydrogen-bond donors (Lipinski definition) is 0. The van der Waals surface area contributed by atoms with Crippen LogP contribution in [0.15, 0.2) is 29.6 Å². The topological polar surface area (TPSA) is 52.1 Å². The monoisotopic (exact) mass is 220 g/mol. The SMILES string of the molecule is O=COCc1cccc(-c2csnn2)c1. The molecule has 0 aliphatic carbocycles. The third-order valence-electron chi connectivity index (χ3n) is 1.90. The van der Waals surface area contributed by atoms with Crippen molar-refractivity contribution >= 4 is 18.0 Å². The summed E-state index contributed by atoms with van der Waals surface area (Å²) < 4.78 is 8.47. The van der Waals surface area contributed by atoms with Gasteiger partial charge in [-0.15, -0.1) is 5.10 Å². The summed E-state index contributed by atoms with van der Waals surface area (Å²) >= 11 is 1.31. The lowest BCUT2D eigenvalue weighted by Gasteiger charge is -2.01. The zero-order valence-corrected chi connectivity index (χ0v) is 8.61. The predicted octanol–water partition coefficient (Wildman–Crippen LogP) is 1.88. The summed E-state index contributed by atoms with van der Waals surface area (Å²) in [5.74, 6) is 0. The van der Waals surface area contributed by atoms with Crippen molar-refractivity contribution in [1.29, 1.82) is 0 Å². The molecule has 76 valence electrons. The summed E-state index contributed by atoms with van der Waals surface area (Å²) in [5.41, 5.74) is 2.76. The highest BCUT2D eigenvalue weighted by molar-refractivity contribution is 7.03. The highest BCUT2D eigenvalue weighted by atomic mass is 32.1. The number of hydrogen-bond acceptors (Lipinski definition) is 5. The van der Waals surface area contributed by atoms with Crippen LogP contribution in [0.1, 0.15) is 5.56 Å². The van der Waals surface area contributed by atoms with Crippen molar-refractivity contribution in [2.24, 2.45) is 0 Å². The smallest absolute Gasteiger partial charge is 0.293 e. The number of carbonyl (C=O) groups excluding carboxylic acids is 1. The lowest BCUT2D eigenvalue weighted by molar-refractivity contribution is -0.129. The average Bonchev–Trinajstić information content (AvgIpc) is 2.80. The van der Waals surface area contributed by atoms with Crippen molar-refractivity contribution in [2.75, 3.05) is 0 Å². The van der Waals surface area contributed by atoms with E-state index >= 15 is 0 Å². The van der Waals surface area contributed by atoms with E-state index in [0.29, 0.717) is 6.47 Å². The normalized spacial score (nSPS) is 9.87. The minimum atomic E-state index is 0.287. The van der Waals surface area contributed by atoms with Gasteiger partial charge in [-0.3, -0.25) is 4.79 Å². The Morgan fingerprint density at radius 2 is 2.40 bits per heavy atom. The quantitative estimate of drug-likeness (QED) is 0.738. The Morgan fingerprint density at radius 1 is 1.47 bits per heavy atom. The van der Waals surface area contributed by atoms with Crippen LogP contribution in [0.3, 0.4) is 0 Å². The van der Waals surface area contributed by atoms with E-state index < -0.39 is 0 Å². The molecule has 0 bridgehead atoms. The minimum Gasteiger partial charge on any atom is -0.463 e. The van der Waals surface area contributed by atoms with Gasteiger partial charge < -0.3 is 4.74 Å². The number of benzene rings is 1. The van der Waals surface area contributed by atoms with Gasteiger partial charge in [0.1, 0.15) is 12.3 Å². The fourth-order valence-electron chi connectivity index (χ4n) is 1.24. The first-order valence-corrected chi connectivity index (χ1v) is 5.15. The van der Waals surface area contributed by atoms with Gasteiger partial charge in [0.2, 0.25) is 0 Å². The molecule has 15 heavy (non-hydrogen) atoms. The molecule has 0 unspecified atom stereocenters. The van der Waals surface area contributed by atoms with Gasteiger partial charge in [-0.1, -0.05) is 22.7 Å². The van der Waals surface area contributed by atoms with Crippen molar-refractivity contribution in [1.82, 2.24) is 9.59 Å². The van der Waals surface area contributed by atoms with Gasteiger partial charge in [0.05, 0.1) is 0 Å². The van der Waals surface area contributed by atoms with Crippen molar-refractivity contribution in [3.05, 3.63) is 35.2 Å². The van der Waals surface area contributed by atoms with E-state index in [0.717, 1.165) is 16.8 Å². The zero-order chi connectivity index (χ0) is 10.5. The molecule has 1 heterocycles. The van der Waals surface area contributed by atoms with Gasteiger partial charge in [-0.05, 0) is 23.2 Å². The van der Waals surface area contributed by atoms with Crippen LogP contribution < -0.4 is 0 Å². The highest BCUT2D eigenvalue weighted by Gasteiger charge is 2.01. The summed E-state index contributed by atoms with van der Waals surface area (Å²) in [7, 11) is 0. The molecule has 0 fully saturated rings. The summed E-state index contributed by atoms with van der Waals surface area (Å²) in [5, 5.41) is 5.84. The first kappa shape index (κ1) is 9.79. The van der Waals surface area contributed by atoms with Crippen LogP contribution in [0.2, 0.25) is 0 Å². The van der Waals surface area contributed by atoms with Crippen LogP contribution >= 0.6 is 11.5 Å². The summed E-state index contributed by atoms with van der Waals surface area (Å²) in [4.78, 5) is 10.0. The average molecular weight is 220 g/mol. The van der Waals surface area contributed by atoms with Crippen molar-refractivity contribution in [3.63, 3.8) is 0 Å². The summed E-state index contributed by atoms with van der Waals surface area (Å²) in [6.45, 7) is 0.728. The maximum absolute atomic E-state index is 10.0. The standard InChI is InChI=1S/C10H8N2O2S/c13-7-14-5-8-2-1-3-9(4-8)10-6-15-12-11-10/h1-4,6-7H,5H2. The van der Waals surface area contributed by atoms with Gasteiger partial charge in [0.25, 0.3) is 6.47 Å². The molecule has 0 radical (unpaired) electrons. The Balaban J connectivity index is 2.23. The first-order chi connectivity index (χ1) is 7.40. The van der Waals surface area contributed by atoms with Crippen molar-refractivity contribution in [2.45, 2.75) is 6.61 Å². The second kappa shape index (κ2) is 4.65. The molecule has 0 atom stereocenters. The van der Waals surface area contributed by atoms with E-state index in [1.807, 2.05) is 29.6 Å². The third kappa shape index (κ3) is 2.38. The van der Waals surface area contributed by atoms with Crippen molar-refractivity contribution in [3.8, 4) is 11.3 Å². The Hall–Kier alpha value is -1.75. The number of rotatable bonds is 4. The molecule has 5 heteroatoms. The number of ether oxygens (including phenoxy) is 1. The Bertz CT molecular complexity index is 442. The van der Waals surface area contributed by atoms with E-state index in [4.69, 9.17) is 0 Å². The Labute approximate surface area is 90.7 Å². The van der Waals surface area contributed by atoms with E-state index in [-0.39, 0.29) is 6.61 Å². The zero-order valence-electron chi connectivity index (χ0n) is 7.79. The Kier molecular flexibility index (Phi) is 3.04. The molecule has 1 aromatic carbocycles. The van der Waals surface area contributed by atoms with Gasteiger partial charge in [0, 0.05) is 10.9 Å². The molecule has 0 aliphatic rings. The van der Waals surface area contributed by atoms with Crippen LogP contribution in [0, 0.1) is 0 Å². The van der Waals surface area contributed by atoms with E-state index in [1.165, 1.54) is 11.5 Å². The highest BCUT2D eigenvalue weighted by Crippen LogP contribution is 2.19. The number of aromatic nitrogens is 2. The van der Waals surface area contributed by atoms with Crippen LogP contribution in [-0.4, -0.2) is 16.1 Å². The Morgan fingerprint density at radius 3 is 3.13 bits per heavy atom. The van der Waals surface area contributed by atoms with Crippen LogP contribution in [0.4, 0.5) is 0 Å². The maximum Gasteiger partial charge on any atom is 0.293 e. The first-order valence-electron chi connectivity index (χ1n) is 4.32. The second-order valence-electron chi connectivity index (χ2n) is 2.90. The largest absolute Gasteiger partial charge is 0.463 e. The summed E-state index contributed by atoms with van der Waals surface area (Å²) in [6, 6.07) is 7.67. The van der Waals surface area contributed by atoms with Gasteiger partial charge in [0.15, 0.2) is 0 Å². The molecule has 2 rings (SSSR count). The molecule has 4 nitrogen and oxygen atoms in total. The number of nitrogens with zero attached hydrogens (tertiary/aromatic N) is 2. The molecular formula is C10H8N2O2S. The molecule has 0 amide bonds. The molecule has 0 saturated heterocycles. The third-order valence-corrected chi connectivity index (χ3v) is 2.41. The molecule has 0 saturated carbocycles. The van der Waals surface area contributed by atoms with E-state index in [1.54, 1.807) is 0 Å². The van der Waals surface area contributed by atoms with Crippen molar-refractivity contribution < 1.29 is 9.53 Å². The molecular weight excluding hydrogens is 212 g/mol. The molecule has 2 aromatic rings. The van der Waals surface area contributed by atoms with Gasteiger partial charge >= 0.3 is 0 Å². The van der Waals surface area contributed by atoms with Crippen LogP contribution in [-0.2, 0) is 16.1 Å². The van der Waals surface area contributed by atoms with Gasteiger partial charge in [-0.25, -0.2) is 0 Å². The fraction of sp³-hybridized carbons (Fsp3) is 0.100. The fourth-order valence-corrected chi connectivity index (χ4v) is 1.71. The van der Waals surface area contributed by atoms with E-state index in [2.05, 4.69) is 14.3 Å². The van der Waals surface area contributed by atoms with E-state index in [9.17, 15) is 4.79 Å². The molecule has 0 N–H and O–H groups in total. The lowest BCUT2D eigenvalue weighted by Crippen LogP contribution is -1.90. The minimum absolute atomic E-state index is 0.287. The second-order valence-corrected chi connectivity index (χ2v) is 3.51. The number of carbonyl (C=O) groups is 1. The molecule has 0 spiro atoms. The molecule has 1 aromatic heterocycles. The van der Waals surface area contributed by atoms with Crippen LogP contribution in [0.5, 0.6) is 0 Å². The van der Waals surface area contributed by atoms with Crippen LogP contribution in [0.25, 0.3) is 11.3 Å². The predicted molar refractivity (Wildman–Crippen MR) is 56.2 cm³/mol. The van der Waals surface area contributed by atoms with Gasteiger partial charge in [-0.2, -0.15) is 0 Å². The summed E-state index contributed by atoms with van der Waals surface area (Å²) in [6.07, 6.45) is 0. The lowest BCUT2D eigenvalue weighted by atomic mass is 10.1.